The van der Waals surface area contributed by atoms with E-state index in [1.165, 1.54) is 0 Å². The lowest BCUT2D eigenvalue weighted by Crippen LogP contribution is -2.30. The Labute approximate surface area is 45.0 Å². The monoisotopic (exact) mass is 99.1 g/mol. The highest BCUT2D eigenvalue weighted by Gasteiger charge is 2.08. The molecule has 0 rings (SSSR count). The second-order valence-electron chi connectivity index (χ2n) is 3.21. The van der Waals surface area contributed by atoms with Gasteiger partial charge in [-0.3, -0.25) is 0 Å². The van der Waals surface area contributed by atoms with Crippen molar-refractivity contribution in [2.75, 3.05) is 0 Å². The quantitative estimate of drug-likeness (QED) is 0.454. The van der Waals surface area contributed by atoms with Crippen LogP contribution in [0.15, 0.2) is 0 Å². The minimum Gasteiger partial charge on any atom is -0.347 e. The van der Waals surface area contributed by atoms with E-state index in [1.807, 2.05) is 20.5 Å². The van der Waals surface area contributed by atoms with Gasteiger partial charge in [-0.25, -0.2) is 0 Å². The summed E-state index contributed by atoms with van der Waals surface area (Å²) in [4.78, 5) is 10.5. The second-order valence-corrected chi connectivity index (χ2v) is 3.21. The van der Waals surface area contributed by atoms with Gasteiger partial charge in [-0.05, 0) is 12.6 Å². The normalized spacial score (nSPS) is 11.4. The Kier molecular flexibility index (Phi) is 1.62. The molecule has 0 saturated carbocycles. The molecule has 0 saturated heterocycles. The van der Waals surface area contributed by atoms with Crippen LogP contribution in [0.4, 0.5) is 0 Å². The predicted molar refractivity (Wildman–Crippen MR) is 34.0 cm³/mol. The smallest absolute Gasteiger partial charge is 0.0606 e. The van der Waals surface area contributed by atoms with Crippen molar-refractivity contribution >= 4 is 11.8 Å². The molecule has 42 valence electrons. The van der Waals surface area contributed by atoms with Crippen LogP contribution in [0.2, 0.25) is 20.5 Å². The third-order valence-corrected chi connectivity index (χ3v) is 1.22. The van der Waals surface area contributed by atoms with Gasteiger partial charge in [-0.15, -0.1) is 0 Å². The van der Waals surface area contributed by atoms with Crippen molar-refractivity contribution in [3.63, 3.8) is 0 Å². The van der Waals surface area contributed by atoms with Gasteiger partial charge in [-0.1, -0.05) is 0 Å². The number of rotatable bonds is 1. The zero-order valence-corrected chi connectivity index (χ0v) is 5.49. The highest BCUT2D eigenvalue weighted by molar-refractivity contribution is 7.03. The first kappa shape index (κ1) is 6.73. The first-order valence-electron chi connectivity index (χ1n) is 2.72. The number of hydrogen-bond acceptors (Lipinski definition) is 1. The maximum absolute atomic E-state index is 10.5. The Hall–Kier alpha value is -0.265. The lowest BCUT2D eigenvalue weighted by Gasteiger charge is -2.17. The molecule has 0 N–H and O–H groups in total. The van der Waals surface area contributed by atoms with Gasteiger partial charge in [0.2, 0.25) is 0 Å². The zero-order chi connectivity index (χ0) is 6.08. The minimum atomic E-state index is -0.694. The SMILES string of the molecule is CC(=O)[B-](C)(C)C. The molecular weight excluding hydrogens is 86.9 g/mol. The van der Waals surface area contributed by atoms with Crippen molar-refractivity contribution in [2.45, 2.75) is 27.4 Å². The molecule has 0 unspecified atom stereocenters. The highest BCUT2D eigenvalue weighted by atomic mass is 16.1. The number of hydrogen-bond donors (Lipinski definition) is 0. The Bertz CT molecular complexity index is 80.6. The third kappa shape index (κ3) is 2.43. The number of carbonyl (C=O) groups excluding carboxylic acids is 1. The lowest BCUT2D eigenvalue weighted by atomic mass is 9.28. The van der Waals surface area contributed by atoms with Crippen molar-refractivity contribution in [3.8, 4) is 0 Å². The van der Waals surface area contributed by atoms with Gasteiger partial charge in [0.25, 0.3) is 0 Å². The average molecular weight is 99.0 g/mol. The maximum atomic E-state index is 10.5. The molecule has 0 aromatic heterocycles. The van der Waals surface area contributed by atoms with Crippen LogP contribution in [0.25, 0.3) is 0 Å². The van der Waals surface area contributed by atoms with E-state index < -0.39 is 6.15 Å². The molecule has 2 heteroatoms. The van der Waals surface area contributed by atoms with Crippen LogP contribution in [0.5, 0.6) is 0 Å². The van der Waals surface area contributed by atoms with E-state index >= 15 is 0 Å². The van der Waals surface area contributed by atoms with E-state index in [1.54, 1.807) is 6.92 Å². The molecule has 0 aromatic carbocycles. The van der Waals surface area contributed by atoms with E-state index in [4.69, 9.17) is 0 Å². The molecule has 1 nitrogen and oxygen atoms in total. The van der Waals surface area contributed by atoms with E-state index in [9.17, 15) is 4.79 Å². The largest absolute Gasteiger partial charge is 0.347 e. The van der Waals surface area contributed by atoms with E-state index in [0.717, 1.165) is 0 Å². The van der Waals surface area contributed by atoms with Gasteiger partial charge < -0.3 is 4.79 Å². The summed E-state index contributed by atoms with van der Waals surface area (Å²) in [6.07, 6.45) is -0.694. The second kappa shape index (κ2) is 1.69. The molecular formula is C5H12BO-. The molecule has 0 radical (unpaired) electrons. The van der Waals surface area contributed by atoms with Crippen molar-refractivity contribution in [3.05, 3.63) is 0 Å². The van der Waals surface area contributed by atoms with Crippen molar-refractivity contribution in [1.29, 1.82) is 0 Å². The summed E-state index contributed by atoms with van der Waals surface area (Å²) in [7, 11) is 0. The van der Waals surface area contributed by atoms with Crippen molar-refractivity contribution in [1.82, 2.24) is 0 Å². The molecule has 0 atom stereocenters. The van der Waals surface area contributed by atoms with Crippen LogP contribution in [0.1, 0.15) is 6.92 Å². The van der Waals surface area contributed by atoms with Crippen molar-refractivity contribution < 1.29 is 4.79 Å². The molecule has 0 aromatic rings. The fourth-order valence-electron chi connectivity index (χ4n) is 0. The predicted octanol–water partition coefficient (Wildman–Crippen LogP) is 1.45. The molecule has 0 heterocycles. The van der Waals surface area contributed by atoms with Gasteiger partial charge in [0.15, 0.2) is 0 Å². The summed E-state index contributed by atoms with van der Waals surface area (Å²) in [6, 6.07) is 0. The van der Waals surface area contributed by atoms with Crippen LogP contribution in [-0.2, 0) is 4.79 Å². The summed E-state index contributed by atoms with van der Waals surface area (Å²) in [5, 5.41) is 0. The van der Waals surface area contributed by atoms with Gasteiger partial charge >= 0.3 is 0 Å². The van der Waals surface area contributed by atoms with Gasteiger partial charge in [0.05, 0.1) is 6.15 Å². The maximum Gasteiger partial charge on any atom is 0.0606 e. The molecule has 0 amide bonds. The van der Waals surface area contributed by atoms with Gasteiger partial charge in [-0.2, -0.15) is 20.5 Å². The summed E-state index contributed by atoms with van der Waals surface area (Å²) in [5.41, 5.74) is 0.306. The highest BCUT2D eigenvalue weighted by Crippen LogP contribution is 1.99. The first-order valence-corrected chi connectivity index (χ1v) is 2.72. The minimum absolute atomic E-state index is 0.306. The van der Waals surface area contributed by atoms with E-state index in [2.05, 4.69) is 0 Å². The molecule has 0 bridgehead atoms. The number of carbonyl (C=O) groups is 1. The standard InChI is InChI=1S/C5H12BO/c1-5(7)6(2,3)4/h1-4H3/q-1. The summed E-state index contributed by atoms with van der Waals surface area (Å²) in [6.45, 7) is 7.56. The Balaban J connectivity index is 3.79. The van der Waals surface area contributed by atoms with Crippen LogP contribution in [0, 0.1) is 0 Å². The molecule has 0 fully saturated rings. The Morgan fingerprint density at radius 2 is 1.43 bits per heavy atom. The van der Waals surface area contributed by atoms with Crippen LogP contribution >= 0.6 is 0 Å². The van der Waals surface area contributed by atoms with Crippen molar-refractivity contribution in [2.24, 2.45) is 0 Å². The topological polar surface area (TPSA) is 17.1 Å². The van der Waals surface area contributed by atoms with Crippen LogP contribution in [-0.4, -0.2) is 11.8 Å². The van der Waals surface area contributed by atoms with E-state index in [-0.39, 0.29) is 0 Å². The first-order chi connectivity index (χ1) is 2.94. The summed E-state index contributed by atoms with van der Waals surface area (Å²) >= 11 is 0. The Morgan fingerprint density at radius 3 is 1.43 bits per heavy atom. The van der Waals surface area contributed by atoms with Crippen LogP contribution in [0.3, 0.4) is 0 Å². The van der Waals surface area contributed by atoms with Crippen LogP contribution < -0.4 is 0 Å². The molecule has 0 aliphatic rings. The molecule has 0 spiro atoms. The third-order valence-electron chi connectivity index (χ3n) is 1.22. The van der Waals surface area contributed by atoms with Gasteiger partial charge in [0, 0.05) is 0 Å². The molecule has 0 aliphatic carbocycles. The Morgan fingerprint density at radius 1 is 1.29 bits per heavy atom. The molecule has 7 heavy (non-hydrogen) atoms. The fraction of sp³-hybridized carbons (Fsp3) is 0.800. The zero-order valence-electron chi connectivity index (χ0n) is 5.49. The van der Waals surface area contributed by atoms with E-state index in [0.29, 0.717) is 5.68 Å². The lowest BCUT2D eigenvalue weighted by molar-refractivity contribution is -0.110. The summed E-state index contributed by atoms with van der Waals surface area (Å²) < 4.78 is 0. The summed E-state index contributed by atoms with van der Waals surface area (Å²) in [5.74, 6) is 0. The fourth-order valence-corrected chi connectivity index (χ4v) is 0. The molecule has 0 aliphatic heterocycles. The average Bonchev–Trinajstić information content (AvgIpc) is 1.31. The van der Waals surface area contributed by atoms with Gasteiger partial charge in [0.1, 0.15) is 0 Å².